The summed E-state index contributed by atoms with van der Waals surface area (Å²) in [5, 5.41) is 37.0. The normalized spacial score (nSPS) is 25.0. The van der Waals surface area contributed by atoms with E-state index in [2.05, 4.69) is 27.3 Å². The van der Waals surface area contributed by atoms with Gasteiger partial charge in [0.15, 0.2) is 11.5 Å². The van der Waals surface area contributed by atoms with Crippen molar-refractivity contribution >= 4 is 5.91 Å². The average molecular weight is 595 g/mol. The Morgan fingerprint density at radius 1 is 1.02 bits per heavy atom. The van der Waals surface area contributed by atoms with Crippen LogP contribution in [0.5, 0.6) is 23.0 Å². The molecule has 0 aliphatic carbocycles. The van der Waals surface area contributed by atoms with Gasteiger partial charge in [-0.25, -0.2) is 0 Å². The molecule has 9 heteroatoms. The molecule has 4 aliphatic rings. The second kappa shape index (κ2) is 10.7. The van der Waals surface area contributed by atoms with Gasteiger partial charge in [-0.2, -0.15) is 5.26 Å². The van der Waals surface area contributed by atoms with Crippen LogP contribution in [0.25, 0.3) is 0 Å². The molecule has 3 N–H and O–H groups in total. The van der Waals surface area contributed by atoms with E-state index in [1.54, 1.807) is 0 Å². The van der Waals surface area contributed by atoms with Crippen molar-refractivity contribution < 1.29 is 24.5 Å². The highest BCUT2D eigenvalue weighted by atomic mass is 16.7. The summed E-state index contributed by atoms with van der Waals surface area (Å²) in [5.74, 6) is 1.46. The first kappa shape index (κ1) is 28.5. The Hall–Kier alpha value is -4.26. The molecule has 228 valence electrons. The Morgan fingerprint density at radius 3 is 2.52 bits per heavy atom. The van der Waals surface area contributed by atoms with E-state index < -0.39 is 12.1 Å². The zero-order chi connectivity index (χ0) is 30.9. The molecule has 5 atom stereocenters. The minimum atomic E-state index is -0.501. The Labute approximate surface area is 257 Å². The molecular weight excluding hydrogens is 556 g/mol. The lowest BCUT2D eigenvalue weighted by atomic mass is 9.71. The molecule has 0 saturated carbocycles. The van der Waals surface area contributed by atoms with E-state index in [0.29, 0.717) is 48.5 Å². The van der Waals surface area contributed by atoms with Crippen LogP contribution in [0.1, 0.15) is 63.0 Å². The molecule has 1 fully saturated rings. The molecule has 0 aromatic heterocycles. The van der Waals surface area contributed by atoms with Gasteiger partial charge in [-0.3, -0.25) is 14.6 Å². The maximum atomic E-state index is 13.2. The second-order valence-corrected chi connectivity index (χ2v) is 12.7. The highest BCUT2D eigenvalue weighted by Crippen LogP contribution is 2.57. The number of rotatable bonds is 5. The summed E-state index contributed by atoms with van der Waals surface area (Å²) in [6, 6.07) is 13.1. The van der Waals surface area contributed by atoms with E-state index in [1.807, 2.05) is 58.2 Å². The Bertz CT molecular complexity index is 1700. The number of phenolic OH excluding ortho intramolecular Hbond substituents is 2. The fraction of sp³-hybridized carbons (Fsp3) is 0.429. The van der Waals surface area contributed by atoms with Crippen molar-refractivity contribution in [1.29, 1.82) is 5.26 Å². The summed E-state index contributed by atoms with van der Waals surface area (Å²) in [6.45, 7) is 6.05. The number of phenols is 2. The van der Waals surface area contributed by atoms with Crippen LogP contribution in [-0.2, 0) is 24.1 Å². The Balaban J connectivity index is 1.33. The second-order valence-electron chi connectivity index (χ2n) is 12.7. The number of piperazine rings is 1. The number of hydrogen-bond acceptors (Lipinski definition) is 8. The van der Waals surface area contributed by atoms with Gasteiger partial charge in [-0.15, -0.1) is 0 Å². The van der Waals surface area contributed by atoms with Crippen LogP contribution < -0.4 is 14.8 Å². The lowest BCUT2D eigenvalue weighted by Gasteiger charge is -2.60. The van der Waals surface area contributed by atoms with E-state index in [0.717, 1.165) is 38.9 Å². The third-order valence-electron chi connectivity index (χ3n) is 10.4. The van der Waals surface area contributed by atoms with Crippen molar-refractivity contribution in [2.24, 2.45) is 0 Å². The molecule has 7 rings (SSSR count). The zero-order valence-electron chi connectivity index (χ0n) is 25.6. The summed E-state index contributed by atoms with van der Waals surface area (Å²) >= 11 is 0. The highest BCUT2D eigenvalue weighted by Gasteiger charge is 2.56. The van der Waals surface area contributed by atoms with Gasteiger partial charge in [-0.1, -0.05) is 36.4 Å². The van der Waals surface area contributed by atoms with Crippen LogP contribution in [0.3, 0.4) is 0 Å². The number of aromatic hydroxyl groups is 2. The molecule has 9 nitrogen and oxygen atoms in total. The van der Waals surface area contributed by atoms with Gasteiger partial charge >= 0.3 is 0 Å². The number of nitrogens with one attached hydrogen (secondary N) is 1. The third-order valence-corrected chi connectivity index (χ3v) is 10.4. The van der Waals surface area contributed by atoms with E-state index >= 15 is 0 Å². The van der Waals surface area contributed by atoms with Crippen LogP contribution in [-0.4, -0.2) is 64.4 Å². The summed E-state index contributed by atoms with van der Waals surface area (Å²) in [4.78, 5) is 17.7. The summed E-state index contributed by atoms with van der Waals surface area (Å²) in [7, 11) is 2.04. The number of carbonyl (C=O) groups is 1. The minimum Gasteiger partial charge on any atom is -0.507 e. The molecule has 2 bridgehead atoms. The lowest BCUT2D eigenvalue weighted by molar-refractivity contribution is -0.122. The molecule has 1 unspecified atom stereocenters. The predicted molar refractivity (Wildman–Crippen MR) is 164 cm³/mol. The molecule has 1 saturated heterocycles. The SMILES string of the molecule is Cc1cc2c(c(O)c1C)[C@@H]1C3Cc4c(O)c(C)c5c(c4[C@H](CNC(=O)CCc4ccccc4)N3[C@@H](C#N)[C@H](C2)N1C)OCO5. The van der Waals surface area contributed by atoms with Gasteiger partial charge in [0.1, 0.15) is 17.5 Å². The molecule has 0 spiro atoms. The zero-order valence-corrected chi connectivity index (χ0v) is 25.6. The van der Waals surface area contributed by atoms with Crippen molar-refractivity contribution in [2.75, 3.05) is 20.4 Å². The number of ether oxygens (including phenoxy) is 2. The standard InChI is InChI=1S/C35H38N4O5/c1-18-12-22-13-24-26(15-36)39-25(31(38(24)4)29(22)33(42)19(18)2)14-23-30(35-34(43-17-44-35)20(3)32(23)41)27(39)16-37-28(40)11-10-21-8-6-5-7-9-21/h5-9,12,24-27,31,41-42H,10-11,13-14,16-17H2,1-4H3,(H,37,40)/t24-,25?,26-,27-,31-/m0/s1. The van der Waals surface area contributed by atoms with Crippen LogP contribution >= 0.6 is 0 Å². The van der Waals surface area contributed by atoms with E-state index in [1.165, 1.54) is 0 Å². The van der Waals surface area contributed by atoms with E-state index in [-0.39, 0.29) is 43.1 Å². The number of carbonyl (C=O) groups excluding carboxylic acids is 1. The van der Waals surface area contributed by atoms with Crippen LogP contribution in [0.4, 0.5) is 0 Å². The van der Waals surface area contributed by atoms with Gasteiger partial charge in [0.05, 0.1) is 18.2 Å². The van der Waals surface area contributed by atoms with Gasteiger partial charge < -0.3 is 25.0 Å². The van der Waals surface area contributed by atoms with Crippen molar-refractivity contribution in [3.05, 3.63) is 80.9 Å². The van der Waals surface area contributed by atoms with Gasteiger partial charge in [0, 0.05) is 47.3 Å². The Morgan fingerprint density at radius 2 is 1.77 bits per heavy atom. The average Bonchev–Trinajstić information content (AvgIpc) is 3.51. The van der Waals surface area contributed by atoms with Crippen molar-refractivity contribution in [3.8, 4) is 29.1 Å². The number of hydrogen-bond donors (Lipinski definition) is 3. The van der Waals surface area contributed by atoms with Gasteiger partial charge in [-0.05, 0) is 69.3 Å². The van der Waals surface area contributed by atoms with E-state index in [9.17, 15) is 20.3 Å². The summed E-state index contributed by atoms with van der Waals surface area (Å²) in [6.07, 6.45) is 2.03. The fourth-order valence-corrected chi connectivity index (χ4v) is 8.11. The number of amides is 1. The van der Waals surface area contributed by atoms with Crippen molar-refractivity contribution in [1.82, 2.24) is 15.1 Å². The number of aryl methyl sites for hydroxylation is 2. The molecule has 0 radical (unpaired) electrons. The first-order valence-electron chi connectivity index (χ1n) is 15.4. The molecule has 4 heterocycles. The largest absolute Gasteiger partial charge is 0.507 e. The first-order chi connectivity index (χ1) is 21.2. The number of benzene rings is 3. The maximum absolute atomic E-state index is 13.2. The number of likely N-dealkylation sites (N-methyl/N-ethyl adjacent to an activating group) is 1. The smallest absolute Gasteiger partial charge is 0.231 e. The van der Waals surface area contributed by atoms with Gasteiger partial charge in [0.25, 0.3) is 0 Å². The number of nitriles is 1. The van der Waals surface area contributed by atoms with Crippen LogP contribution in [0.2, 0.25) is 0 Å². The summed E-state index contributed by atoms with van der Waals surface area (Å²) in [5.41, 5.74) is 7.07. The maximum Gasteiger partial charge on any atom is 0.231 e. The molecule has 1 amide bonds. The van der Waals surface area contributed by atoms with Crippen LogP contribution in [0, 0.1) is 32.1 Å². The van der Waals surface area contributed by atoms with E-state index in [4.69, 9.17) is 9.47 Å². The molecular formula is C35H38N4O5. The number of fused-ring (bicyclic) bond motifs is 9. The summed E-state index contributed by atoms with van der Waals surface area (Å²) < 4.78 is 11.8. The van der Waals surface area contributed by atoms with Gasteiger partial charge in [0.2, 0.25) is 12.7 Å². The molecule has 44 heavy (non-hydrogen) atoms. The minimum absolute atomic E-state index is 0.0428. The highest BCUT2D eigenvalue weighted by molar-refractivity contribution is 5.76. The van der Waals surface area contributed by atoms with Crippen LogP contribution in [0.15, 0.2) is 36.4 Å². The monoisotopic (exact) mass is 594 g/mol. The first-order valence-corrected chi connectivity index (χ1v) is 15.4. The molecule has 3 aromatic rings. The van der Waals surface area contributed by atoms with Crippen molar-refractivity contribution in [3.63, 3.8) is 0 Å². The van der Waals surface area contributed by atoms with Crippen molar-refractivity contribution in [2.45, 2.75) is 76.7 Å². The fourth-order valence-electron chi connectivity index (χ4n) is 8.11. The molecule has 4 aliphatic heterocycles. The third kappa shape index (κ3) is 4.23. The molecule has 3 aromatic carbocycles. The lowest BCUT2D eigenvalue weighted by Crippen LogP contribution is -2.68. The Kier molecular flexibility index (Phi) is 6.95. The topological polar surface area (TPSA) is 118 Å². The quantitative estimate of drug-likeness (QED) is 0.401. The predicted octanol–water partition coefficient (Wildman–Crippen LogP) is 4.27. The number of nitrogens with zero attached hydrogens (tertiary/aromatic N) is 3.